The van der Waals surface area contributed by atoms with Crippen molar-refractivity contribution in [2.75, 3.05) is 18.0 Å². The zero-order chi connectivity index (χ0) is 13.8. The molecule has 104 valence electrons. The van der Waals surface area contributed by atoms with E-state index in [1.165, 1.54) is 0 Å². The third-order valence-corrected chi connectivity index (χ3v) is 4.51. The fourth-order valence-electron chi connectivity index (χ4n) is 2.59. The van der Waals surface area contributed by atoms with E-state index in [9.17, 15) is 4.79 Å². The molecule has 1 aromatic heterocycles. The largest absolute Gasteiger partial charge is 0.370 e. The lowest BCUT2D eigenvalue weighted by Gasteiger charge is -2.22. The molecule has 0 aliphatic carbocycles. The molecule has 0 bridgehead atoms. The molecule has 2 heterocycles. The number of hydrogen-bond donors (Lipinski definition) is 1. The topological polar surface area (TPSA) is 59.2 Å². The Balaban J connectivity index is 2.02. The lowest BCUT2D eigenvalue weighted by Crippen LogP contribution is -2.25. The number of halogens is 1. The molecule has 0 spiro atoms. The van der Waals surface area contributed by atoms with Gasteiger partial charge < -0.3 is 10.6 Å². The van der Waals surface area contributed by atoms with Gasteiger partial charge in [-0.15, -0.1) is 0 Å². The van der Waals surface area contributed by atoms with Gasteiger partial charge in [-0.1, -0.05) is 0 Å². The van der Waals surface area contributed by atoms with Crippen molar-refractivity contribution in [2.45, 2.75) is 32.6 Å². The molecule has 1 amide bonds. The van der Waals surface area contributed by atoms with Gasteiger partial charge in [0.05, 0.1) is 5.69 Å². The van der Waals surface area contributed by atoms with Gasteiger partial charge in [0.2, 0.25) is 5.91 Å². The van der Waals surface area contributed by atoms with Gasteiger partial charge in [0, 0.05) is 24.0 Å². The standard InChI is InChI=1S/C14H20BrN3O/c1-10-12(15)4-5-14(17-10)18-7-2-3-11(6-8-18)9-13(16)19/h4-5,11H,2-3,6-9H2,1H3,(H2,16,19). The van der Waals surface area contributed by atoms with Gasteiger partial charge in [0.25, 0.3) is 0 Å². The van der Waals surface area contributed by atoms with Crippen molar-refractivity contribution in [3.8, 4) is 0 Å². The van der Waals surface area contributed by atoms with Crippen LogP contribution >= 0.6 is 15.9 Å². The van der Waals surface area contributed by atoms with E-state index in [2.05, 4.69) is 25.8 Å². The van der Waals surface area contributed by atoms with Crippen molar-refractivity contribution < 1.29 is 4.79 Å². The summed E-state index contributed by atoms with van der Waals surface area (Å²) in [6, 6.07) is 4.09. The number of carbonyl (C=O) groups excluding carboxylic acids is 1. The third kappa shape index (κ3) is 3.93. The van der Waals surface area contributed by atoms with Crippen LogP contribution in [0.4, 0.5) is 5.82 Å². The average Bonchev–Trinajstić information content (AvgIpc) is 2.58. The summed E-state index contributed by atoms with van der Waals surface area (Å²) in [5, 5.41) is 0. The molecule has 5 heteroatoms. The number of hydrogen-bond acceptors (Lipinski definition) is 3. The van der Waals surface area contributed by atoms with Crippen LogP contribution in [0.1, 0.15) is 31.4 Å². The van der Waals surface area contributed by atoms with Gasteiger partial charge in [-0.3, -0.25) is 4.79 Å². The number of carbonyl (C=O) groups is 1. The van der Waals surface area contributed by atoms with Crippen LogP contribution < -0.4 is 10.6 Å². The number of aryl methyl sites for hydroxylation is 1. The fourth-order valence-corrected chi connectivity index (χ4v) is 2.81. The van der Waals surface area contributed by atoms with E-state index >= 15 is 0 Å². The fraction of sp³-hybridized carbons (Fsp3) is 0.571. The molecule has 4 nitrogen and oxygen atoms in total. The predicted octanol–water partition coefficient (Wildman–Crippen LogP) is 2.63. The number of anilines is 1. The van der Waals surface area contributed by atoms with Crippen LogP contribution in [-0.2, 0) is 4.79 Å². The molecule has 1 unspecified atom stereocenters. The Bertz CT molecular complexity index is 464. The van der Waals surface area contributed by atoms with E-state index in [1.54, 1.807) is 0 Å². The Kier molecular flexibility index (Phi) is 4.80. The van der Waals surface area contributed by atoms with Gasteiger partial charge in [-0.05, 0) is 60.2 Å². The molecule has 19 heavy (non-hydrogen) atoms. The summed E-state index contributed by atoms with van der Waals surface area (Å²) in [4.78, 5) is 17.9. The molecular formula is C14H20BrN3O. The molecule has 0 aromatic carbocycles. The highest BCUT2D eigenvalue weighted by Crippen LogP contribution is 2.25. The number of primary amides is 1. The summed E-state index contributed by atoms with van der Waals surface area (Å²) in [5.74, 6) is 1.27. The number of aromatic nitrogens is 1. The molecule has 1 aliphatic rings. The van der Waals surface area contributed by atoms with Crippen molar-refractivity contribution in [2.24, 2.45) is 11.7 Å². The van der Waals surface area contributed by atoms with Crippen molar-refractivity contribution >= 4 is 27.7 Å². The van der Waals surface area contributed by atoms with E-state index < -0.39 is 0 Å². The molecule has 1 atom stereocenters. The number of nitrogens with two attached hydrogens (primary N) is 1. The Morgan fingerprint density at radius 3 is 2.95 bits per heavy atom. The van der Waals surface area contributed by atoms with Crippen LogP contribution in [0.3, 0.4) is 0 Å². The zero-order valence-electron chi connectivity index (χ0n) is 11.2. The van der Waals surface area contributed by atoms with Crippen LogP contribution in [0.5, 0.6) is 0 Å². The second-order valence-corrected chi connectivity index (χ2v) is 6.05. The molecule has 1 saturated heterocycles. The van der Waals surface area contributed by atoms with Crippen molar-refractivity contribution in [1.82, 2.24) is 4.98 Å². The number of nitrogens with zero attached hydrogens (tertiary/aromatic N) is 2. The summed E-state index contributed by atoms with van der Waals surface area (Å²) in [6.07, 6.45) is 3.70. The summed E-state index contributed by atoms with van der Waals surface area (Å²) >= 11 is 3.47. The SMILES string of the molecule is Cc1nc(N2CCCC(CC(N)=O)CC2)ccc1Br. The Morgan fingerprint density at radius 2 is 2.26 bits per heavy atom. The highest BCUT2D eigenvalue weighted by Gasteiger charge is 2.19. The second-order valence-electron chi connectivity index (χ2n) is 5.19. The Labute approximate surface area is 122 Å². The van der Waals surface area contributed by atoms with Gasteiger partial charge in [-0.25, -0.2) is 4.98 Å². The molecule has 2 rings (SSSR count). The normalized spacial score (nSPS) is 20.1. The molecule has 1 aliphatic heterocycles. The van der Waals surface area contributed by atoms with Crippen molar-refractivity contribution in [3.63, 3.8) is 0 Å². The summed E-state index contributed by atoms with van der Waals surface area (Å²) in [7, 11) is 0. The molecule has 1 fully saturated rings. The summed E-state index contributed by atoms with van der Waals surface area (Å²) in [5.41, 5.74) is 6.30. The zero-order valence-corrected chi connectivity index (χ0v) is 12.8. The lowest BCUT2D eigenvalue weighted by molar-refractivity contribution is -0.118. The van der Waals surface area contributed by atoms with Crippen LogP contribution in [0.2, 0.25) is 0 Å². The maximum absolute atomic E-state index is 11.0. The lowest BCUT2D eigenvalue weighted by atomic mass is 9.97. The number of pyridine rings is 1. The quantitative estimate of drug-likeness (QED) is 0.929. The van der Waals surface area contributed by atoms with E-state index in [0.29, 0.717) is 12.3 Å². The van der Waals surface area contributed by atoms with Crippen molar-refractivity contribution in [1.29, 1.82) is 0 Å². The highest BCUT2D eigenvalue weighted by atomic mass is 79.9. The van der Waals surface area contributed by atoms with Gasteiger partial charge in [-0.2, -0.15) is 0 Å². The Hall–Kier alpha value is -1.10. The van der Waals surface area contributed by atoms with E-state index in [4.69, 9.17) is 5.73 Å². The van der Waals surface area contributed by atoms with Gasteiger partial charge in [0.1, 0.15) is 5.82 Å². The van der Waals surface area contributed by atoms with Crippen LogP contribution in [-0.4, -0.2) is 24.0 Å². The third-order valence-electron chi connectivity index (χ3n) is 3.67. The predicted molar refractivity (Wildman–Crippen MR) is 80.0 cm³/mol. The molecule has 0 saturated carbocycles. The van der Waals surface area contributed by atoms with E-state index in [0.717, 1.165) is 48.3 Å². The first-order chi connectivity index (χ1) is 9.06. The first kappa shape index (κ1) is 14.3. The van der Waals surface area contributed by atoms with E-state index in [1.807, 2.05) is 19.1 Å². The smallest absolute Gasteiger partial charge is 0.217 e. The van der Waals surface area contributed by atoms with Crippen LogP contribution in [0.25, 0.3) is 0 Å². The summed E-state index contributed by atoms with van der Waals surface area (Å²) < 4.78 is 1.04. The summed E-state index contributed by atoms with van der Waals surface area (Å²) in [6.45, 7) is 3.96. The molecule has 1 aromatic rings. The Morgan fingerprint density at radius 1 is 1.47 bits per heavy atom. The van der Waals surface area contributed by atoms with Crippen LogP contribution in [0.15, 0.2) is 16.6 Å². The second kappa shape index (κ2) is 6.37. The van der Waals surface area contributed by atoms with Gasteiger partial charge in [0.15, 0.2) is 0 Å². The number of rotatable bonds is 3. The maximum Gasteiger partial charge on any atom is 0.217 e. The average molecular weight is 326 g/mol. The van der Waals surface area contributed by atoms with Gasteiger partial charge >= 0.3 is 0 Å². The minimum atomic E-state index is -0.184. The van der Waals surface area contributed by atoms with Crippen LogP contribution in [0, 0.1) is 12.8 Å². The molecular weight excluding hydrogens is 306 g/mol. The molecule has 0 radical (unpaired) electrons. The highest BCUT2D eigenvalue weighted by molar-refractivity contribution is 9.10. The van der Waals surface area contributed by atoms with Crippen molar-refractivity contribution in [3.05, 3.63) is 22.3 Å². The minimum Gasteiger partial charge on any atom is -0.370 e. The number of amides is 1. The monoisotopic (exact) mass is 325 g/mol. The maximum atomic E-state index is 11.0. The molecule has 2 N–H and O–H groups in total. The first-order valence-electron chi connectivity index (χ1n) is 6.72. The first-order valence-corrected chi connectivity index (χ1v) is 7.52. The van der Waals surface area contributed by atoms with E-state index in [-0.39, 0.29) is 5.91 Å². The minimum absolute atomic E-state index is 0.184.